The van der Waals surface area contributed by atoms with E-state index in [1.54, 1.807) is 4.90 Å². The van der Waals surface area contributed by atoms with Crippen molar-refractivity contribution >= 4 is 22.7 Å². The van der Waals surface area contributed by atoms with Crippen LogP contribution >= 0.6 is 0 Å². The fraction of sp³-hybridized carbons (Fsp3) is 0.556. The number of aromatic nitrogens is 1. The first kappa shape index (κ1) is 17.7. The lowest BCUT2D eigenvalue weighted by atomic mass is 10.0. The lowest BCUT2D eigenvalue weighted by molar-refractivity contribution is -0.384. The molecule has 0 radical (unpaired) electrons. The lowest BCUT2D eigenvalue weighted by Gasteiger charge is -2.36. The van der Waals surface area contributed by atoms with Crippen LogP contribution in [-0.4, -0.2) is 57.4 Å². The number of nitro benzene ring substituents is 1. The first-order chi connectivity index (χ1) is 13.0. The zero-order valence-corrected chi connectivity index (χ0v) is 15.0. The average molecular weight is 374 g/mol. The van der Waals surface area contributed by atoms with E-state index in [2.05, 4.69) is 4.90 Å². The highest BCUT2D eigenvalue weighted by Crippen LogP contribution is 2.22. The second-order valence-electron chi connectivity index (χ2n) is 7.22. The highest BCUT2D eigenvalue weighted by atomic mass is 16.6. The van der Waals surface area contributed by atoms with Crippen molar-refractivity contribution in [3.63, 3.8) is 0 Å². The van der Waals surface area contributed by atoms with Crippen molar-refractivity contribution in [2.24, 2.45) is 0 Å². The van der Waals surface area contributed by atoms with E-state index < -0.39 is 10.7 Å². The van der Waals surface area contributed by atoms with Gasteiger partial charge in [0.05, 0.1) is 10.4 Å². The number of piperidine rings is 1. The van der Waals surface area contributed by atoms with Gasteiger partial charge in [0.2, 0.25) is 5.91 Å². The molecule has 0 bridgehead atoms. The molecule has 2 fully saturated rings. The van der Waals surface area contributed by atoms with E-state index in [-0.39, 0.29) is 29.2 Å². The van der Waals surface area contributed by atoms with Crippen LogP contribution in [0.5, 0.6) is 0 Å². The number of nitrogens with zero attached hydrogens (tertiary/aromatic N) is 4. The Bertz CT molecular complexity index is 919. The Balaban J connectivity index is 1.46. The number of oxazole rings is 1. The van der Waals surface area contributed by atoms with Gasteiger partial charge < -0.3 is 14.2 Å². The van der Waals surface area contributed by atoms with Gasteiger partial charge in [-0.1, -0.05) is 0 Å². The quantitative estimate of drug-likeness (QED) is 0.595. The molecule has 0 saturated carbocycles. The predicted molar refractivity (Wildman–Crippen MR) is 97.5 cm³/mol. The van der Waals surface area contributed by atoms with Crippen LogP contribution in [0.15, 0.2) is 27.4 Å². The van der Waals surface area contributed by atoms with Crippen molar-refractivity contribution in [3.8, 4) is 0 Å². The second-order valence-corrected chi connectivity index (χ2v) is 7.22. The van der Waals surface area contributed by atoms with E-state index in [4.69, 9.17) is 4.42 Å². The van der Waals surface area contributed by atoms with Crippen LogP contribution in [0.3, 0.4) is 0 Å². The number of nitro groups is 1. The summed E-state index contributed by atoms with van der Waals surface area (Å²) in [6.07, 6.45) is 4.39. The lowest BCUT2D eigenvalue weighted by Crippen LogP contribution is -2.47. The minimum atomic E-state index is -0.675. The largest absolute Gasteiger partial charge is 0.420 e. The highest BCUT2D eigenvalue weighted by Gasteiger charge is 2.29. The Labute approximate surface area is 155 Å². The van der Waals surface area contributed by atoms with E-state index in [0.717, 1.165) is 25.9 Å². The minimum absolute atomic E-state index is 0.143. The van der Waals surface area contributed by atoms with Crippen LogP contribution in [-0.2, 0) is 11.3 Å². The van der Waals surface area contributed by atoms with Crippen LogP contribution in [0.2, 0.25) is 0 Å². The zero-order chi connectivity index (χ0) is 19.0. The van der Waals surface area contributed by atoms with Gasteiger partial charge in [-0.2, -0.15) is 0 Å². The summed E-state index contributed by atoms with van der Waals surface area (Å²) in [5, 5.41) is 11.0. The van der Waals surface area contributed by atoms with Gasteiger partial charge in [0.15, 0.2) is 5.58 Å². The predicted octanol–water partition coefficient (Wildman–Crippen LogP) is 1.59. The molecule has 1 amide bonds. The summed E-state index contributed by atoms with van der Waals surface area (Å²) in [6, 6.07) is 4.47. The van der Waals surface area contributed by atoms with E-state index in [9.17, 15) is 19.7 Å². The smallest absolute Gasteiger partial charge is 0.408 e. The van der Waals surface area contributed by atoms with Crippen LogP contribution in [0.4, 0.5) is 5.69 Å². The molecular formula is C18H22N4O5. The van der Waals surface area contributed by atoms with Crippen molar-refractivity contribution in [1.82, 2.24) is 14.4 Å². The molecular weight excluding hydrogens is 352 g/mol. The van der Waals surface area contributed by atoms with E-state index in [1.807, 2.05) is 0 Å². The number of rotatable bonds is 4. The fourth-order valence-electron chi connectivity index (χ4n) is 4.14. The molecule has 27 heavy (non-hydrogen) atoms. The molecule has 2 saturated heterocycles. The normalized spacial score (nSPS) is 19.0. The SMILES string of the molecule is O=C(Cn1c(=O)oc2ccc([N+](=O)[O-])cc21)N1CCC(N2CCCC2)CC1. The molecule has 0 N–H and O–H groups in total. The molecule has 0 unspecified atom stereocenters. The third kappa shape index (κ3) is 3.46. The van der Waals surface area contributed by atoms with Crippen LogP contribution < -0.4 is 5.76 Å². The molecule has 2 aliphatic rings. The van der Waals surface area contributed by atoms with Crippen molar-refractivity contribution in [1.29, 1.82) is 0 Å². The van der Waals surface area contributed by atoms with Gasteiger partial charge in [0.1, 0.15) is 6.54 Å². The maximum Gasteiger partial charge on any atom is 0.420 e. The number of hydrogen-bond donors (Lipinski definition) is 0. The minimum Gasteiger partial charge on any atom is -0.408 e. The monoisotopic (exact) mass is 374 g/mol. The number of hydrogen-bond acceptors (Lipinski definition) is 6. The van der Waals surface area contributed by atoms with E-state index >= 15 is 0 Å². The summed E-state index contributed by atoms with van der Waals surface area (Å²) in [6.45, 7) is 3.47. The van der Waals surface area contributed by atoms with Crippen molar-refractivity contribution in [2.45, 2.75) is 38.3 Å². The van der Waals surface area contributed by atoms with Crippen LogP contribution in [0.1, 0.15) is 25.7 Å². The summed E-state index contributed by atoms with van der Waals surface area (Å²) < 4.78 is 6.29. The number of fused-ring (bicyclic) bond motifs is 1. The van der Waals surface area contributed by atoms with E-state index in [0.29, 0.717) is 19.1 Å². The van der Waals surface area contributed by atoms with E-state index in [1.165, 1.54) is 35.6 Å². The van der Waals surface area contributed by atoms with Crippen molar-refractivity contribution in [3.05, 3.63) is 38.9 Å². The summed E-state index contributed by atoms with van der Waals surface area (Å²) in [5.74, 6) is -0.836. The third-order valence-corrected chi connectivity index (χ3v) is 5.63. The first-order valence-corrected chi connectivity index (χ1v) is 9.32. The van der Waals surface area contributed by atoms with Gasteiger partial charge in [-0.15, -0.1) is 0 Å². The zero-order valence-electron chi connectivity index (χ0n) is 15.0. The fourth-order valence-corrected chi connectivity index (χ4v) is 4.14. The Morgan fingerprint density at radius 1 is 1.19 bits per heavy atom. The topological polar surface area (TPSA) is 102 Å². The molecule has 0 aliphatic carbocycles. The number of likely N-dealkylation sites (tertiary alicyclic amines) is 2. The van der Waals surface area contributed by atoms with Crippen LogP contribution in [0.25, 0.3) is 11.1 Å². The highest BCUT2D eigenvalue weighted by molar-refractivity contribution is 5.80. The summed E-state index contributed by atoms with van der Waals surface area (Å²) in [4.78, 5) is 39.5. The molecule has 0 spiro atoms. The standard InChI is InChI=1S/C18H22N4O5/c23-17(20-9-5-13(6-10-20)19-7-1-2-8-19)12-21-15-11-14(22(25)26)3-4-16(15)27-18(21)24/h3-4,11,13H,1-2,5-10,12H2. The maximum absolute atomic E-state index is 12.7. The molecule has 4 rings (SSSR count). The maximum atomic E-state index is 12.7. The van der Waals surface area contributed by atoms with Crippen molar-refractivity contribution < 1.29 is 14.1 Å². The molecule has 0 atom stereocenters. The van der Waals surface area contributed by atoms with Gasteiger partial charge in [-0.25, -0.2) is 4.79 Å². The Morgan fingerprint density at radius 2 is 1.89 bits per heavy atom. The Morgan fingerprint density at radius 3 is 2.56 bits per heavy atom. The second kappa shape index (κ2) is 7.15. The van der Waals surface area contributed by atoms with Gasteiger partial charge in [0.25, 0.3) is 5.69 Å². The van der Waals surface area contributed by atoms with Gasteiger partial charge in [0, 0.05) is 31.3 Å². The summed E-state index contributed by atoms with van der Waals surface area (Å²) in [5.41, 5.74) is 0.372. The first-order valence-electron chi connectivity index (χ1n) is 9.32. The number of non-ortho nitro benzene ring substituents is 1. The molecule has 9 heteroatoms. The summed E-state index contributed by atoms with van der Waals surface area (Å²) >= 11 is 0. The summed E-state index contributed by atoms with van der Waals surface area (Å²) in [7, 11) is 0. The Kier molecular flexibility index (Phi) is 4.69. The molecule has 144 valence electrons. The van der Waals surface area contributed by atoms with Gasteiger partial charge in [-0.05, 0) is 44.8 Å². The average Bonchev–Trinajstić information content (AvgIpc) is 3.30. The van der Waals surface area contributed by atoms with Crippen LogP contribution in [0, 0.1) is 10.1 Å². The molecule has 2 aromatic rings. The Hall–Kier alpha value is -2.68. The molecule has 2 aliphatic heterocycles. The number of benzene rings is 1. The molecule has 1 aromatic carbocycles. The number of carbonyl (C=O) groups is 1. The number of amides is 1. The van der Waals surface area contributed by atoms with Crippen molar-refractivity contribution in [2.75, 3.05) is 26.2 Å². The molecule has 1 aromatic heterocycles. The molecule has 9 nitrogen and oxygen atoms in total. The number of carbonyl (C=O) groups excluding carboxylic acids is 1. The third-order valence-electron chi connectivity index (χ3n) is 5.63. The van der Waals surface area contributed by atoms with Gasteiger partial charge in [-0.3, -0.25) is 19.5 Å². The van der Waals surface area contributed by atoms with Gasteiger partial charge >= 0.3 is 5.76 Å². The molecule has 3 heterocycles.